The van der Waals surface area contributed by atoms with Gasteiger partial charge < -0.3 is 0 Å². The fourth-order valence-electron chi connectivity index (χ4n) is 0.656. The maximum atomic E-state index is 12.3. The van der Waals surface area contributed by atoms with Crippen LogP contribution in [0.1, 0.15) is 5.56 Å². The van der Waals surface area contributed by atoms with Gasteiger partial charge in [0.05, 0.1) is 6.21 Å². The van der Waals surface area contributed by atoms with Crippen LogP contribution in [-0.2, 0) is 0 Å². The molecule has 1 aromatic rings. The molecule has 1 rings (SSSR count). The lowest BCUT2D eigenvalue weighted by molar-refractivity contribution is 0.628. The van der Waals surface area contributed by atoms with Gasteiger partial charge >= 0.3 is 0 Å². The lowest BCUT2D eigenvalue weighted by Crippen LogP contribution is -1.79. The van der Waals surface area contributed by atoms with Gasteiger partial charge in [-0.25, -0.2) is 4.39 Å². The summed E-state index contributed by atoms with van der Waals surface area (Å²) >= 11 is 0. The van der Waals surface area contributed by atoms with E-state index in [4.69, 9.17) is 0 Å². The van der Waals surface area contributed by atoms with Crippen molar-refractivity contribution in [1.82, 2.24) is 0 Å². The molecule has 0 saturated carbocycles. The van der Waals surface area contributed by atoms with E-state index in [1.54, 1.807) is 12.1 Å². The lowest BCUT2D eigenvalue weighted by atomic mass is 10.2. The Bertz CT molecular complexity index is 264. The first-order chi connectivity index (χ1) is 5.33. The van der Waals surface area contributed by atoms with Crippen molar-refractivity contribution in [3.63, 3.8) is 0 Å². The van der Waals surface area contributed by atoms with E-state index in [0.29, 0.717) is 0 Å². The summed E-state index contributed by atoms with van der Waals surface area (Å²) in [6, 6.07) is 5.96. The molecule has 3 heteroatoms. The second kappa shape index (κ2) is 3.61. The SMILES string of the molecule is C=NN=Cc1ccc(F)cc1. The number of rotatable bonds is 2. The lowest BCUT2D eigenvalue weighted by Gasteiger charge is -1.89. The molecule has 0 fully saturated rings. The van der Waals surface area contributed by atoms with Crippen LogP contribution >= 0.6 is 0 Å². The van der Waals surface area contributed by atoms with E-state index in [-0.39, 0.29) is 5.82 Å². The van der Waals surface area contributed by atoms with Gasteiger partial charge in [0.15, 0.2) is 0 Å². The summed E-state index contributed by atoms with van der Waals surface area (Å²) in [5.41, 5.74) is 0.804. The van der Waals surface area contributed by atoms with Crippen LogP contribution in [0.25, 0.3) is 0 Å². The van der Waals surface area contributed by atoms with Gasteiger partial charge in [0.2, 0.25) is 0 Å². The van der Waals surface area contributed by atoms with Gasteiger partial charge in [-0.1, -0.05) is 12.1 Å². The Balaban J connectivity index is 2.81. The zero-order chi connectivity index (χ0) is 8.10. The molecule has 0 heterocycles. The second-order valence-electron chi connectivity index (χ2n) is 1.94. The molecule has 0 aliphatic carbocycles. The Kier molecular flexibility index (Phi) is 2.49. The van der Waals surface area contributed by atoms with E-state index in [1.807, 2.05) is 0 Å². The largest absolute Gasteiger partial charge is 0.207 e. The highest BCUT2D eigenvalue weighted by molar-refractivity contribution is 5.79. The minimum absolute atomic E-state index is 0.256. The molecule has 2 nitrogen and oxygen atoms in total. The molecule has 11 heavy (non-hydrogen) atoms. The van der Waals surface area contributed by atoms with Crippen LogP contribution in [0.15, 0.2) is 34.5 Å². The highest BCUT2D eigenvalue weighted by Gasteiger charge is 1.87. The van der Waals surface area contributed by atoms with Crippen LogP contribution in [0.2, 0.25) is 0 Å². The molecule has 0 aliphatic heterocycles. The van der Waals surface area contributed by atoms with E-state index in [2.05, 4.69) is 16.9 Å². The van der Waals surface area contributed by atoms with Crippen LogP contribution in [0.3, 0.4) is 0 Å². The summed E-state index contributed by atoms with van der Waals surface area (Å²) in [5.74, 6) is -0.256. The van der Waals surface area contributed by atoms with Crippen LogP contribution < -0.4 is 0 Å². The van der Waals surface area contributed by atoms with Crippen LogP contribution in [0.5, 0.6) is 0 Å². The Morgan fingerprint density at radius 1 is 1.27 bits per heavy atom. The quantitative estimate of drug-likeness (QED) is 0.454. The molecule has 0 saturated heterocycles. The average molecular weight is 150 g/mol. The number of nitrogens with zero attached hydrogens (tertiary/aromatic N) is 2. The fourth-order valence-corrected chi connectivity index (χ4v) is 0.656. The molecule has 0 N–H and O–H groups in total. The predicted octanol–water partition coefficient (Wildman–Crippen LogP) is 1.86. The number of hydrogen-bond donors (Lipinski definition) is 0. The summed E-state index contributed by atoms with van der Waals surface area (Å²) in [5, 5.41) is 6.82. The monoisotopic (exact) mass is 150 g/mol. The van der Waals surface area contributed by atoms with Gasteiger partial charge in [0.1, 0.15) is 5.82 Å². The highest BCUT2D eigenvalue weighted by atomic mass is 19.1. The van der Waals surface area contributed by atoms with Gasteiger partial charge in [-0.05, 0) is 17.7 Å². The first-order valence-corrected chi connectivity index (χ1v) is 3.07. The first-order valence-electron chi connectivity index (χ1n) is 3.07. The molecule has 0 amide bonds. The number of benzene rings is 1. The molecule has 0 aliphatic rings. The van der Waals surface area contributed by atoms with Gasteiger partial charge in [-0.3, -0.25) is 0 Å². The highest BCUT2D eigenvalue weighted by Crippen LogP contribution is 1.99. The third kappa shape index (κ3) is 2.29. The number of hydrogen-bond acceptors (Lipinski definition) is 2. The van der Waals surface area contributed by atoms with E-state index in [9.17, 15) is 4.39 Å². The van der Waals surface area contributed by atoms with Crippen molar-refractivity contribution >= 4 is 12.9 Å². The molecule has 0 radical (unpaired) electrons. The van der Waals surface area contributed by atoms with E-state index in [0.717, 1.165) is 5.56 Å². The van der Waals surface area contributed by atoms with Crippen molar-refractivity contribution in [2.45, 2.75) is 0 Å². The zero-order valence-electron chi connectivity index (χ0n) is 5.87. The van der Waals surface area contributed by atoms with Crippen molar-refractivity contribution in [3.05, 3.63) is 35.6 Å². The smallest absolute Gasteiger partial charge is 0.123 e. The minimum Gasteiger partial charge on any atom is -0.207 e. The Morgan fingerprint density at radius 3 is 2.45 bits per heavy atom. The first kappa shape index (κ1) is 7.60. The van der Waals surface area contributed by atoms with Gasteiger partial charge in [0, 0.05) is 6.72 Å². The van der Waals surface area contributed by atoms with Crippen molar-refractivity contribution in [2.24, 2.45) is 10.2 Å². The van der Waals surface area contributed by atoms with Gasteiger partial charge in [-0.2, -0.15) is 10.2 Å². The topological polar surface area (TPSA) is 24.7 Å². The van der Waals surface area contributed by atoms with Crippen LogP contribution in [0, 0.1) is 5.82 Å². The maximum Gasteiger partial charge on any atom is 0.123 e. The summed E-state index contributed by atoms with van der Waals surface area (Å²) in [4.78, 5) is 0. The van der Waals surface area contributed by atoms with E-state index >= 15 is 0 Å². The molecular formula is C8H7FN2. The van der Waals surface area contributed by atoms with E-state index in [1.165, 1.54) is 18.3 Å². The van der Waals surface area contributed by atoms with Crippen molar-refractivity contribution < 1.29 is 4.39 Å². The van der Waals surface area contributed by atoms with Gasteiger partial charge in [-0.15, -0.1) is 0 Å². The van der Waals surface area contributed by atoms with Gasteiger partial charge in [0.25, 0.3) is 0 Å². The maximum absolute atomic E-state index is 12.3. The summed E-state index contributed by atoms with van der Waals surface area (Å²) < 4.78 is 12.3. The molecule has 56 valence electrons. The number of halogens is 1. The zero-order valence-corrected chi connectivity index (χ0v) is 5.87. The summed E-state index contributed by atoms with van der Waals surface area (Å²) in [7, 11) is 0. The predicted molar refractivity (Wildman–Crippen MR) is 43.5 cm³/mol. The Labute approximate surface area is 64.1 Å². The fraction of sp³-hybridized carbons (Fsp3) is 0. The molecule has 0 aromatic heterocycles. The second-order valence-corrected chi connectivity index (χ2v) is 1.94. The van der Waals surface area contributed by atoms with Crippen LogP contribution in [0.4, 0.5) is 4.39 Å². The van der Waals surface area contributed by atoms with Crippen molar-refractivity contribution in [2.75, 3.05) is 0 Å². The molecule has 0 atom stereocenters. The molecule has 1 aromatic carbocycles. The molecule has 0 unspecified atom stereocenters. The minimum atomic E-state index is -0.256. The van der Waals surface area contributed by atoms with Crippen molar-refractivity contribution in [3.8, 4) is 0 Å². The van der Waals surface area contributed by atoms with Crippen molar-refractivity contribution in [1.29, 1.82) is 0 Å². The Hall–Kier alpha value is -1.51. The van der Waals surface area contributed by atoms with Crippen LogP contribution in [-0.4, -0.2) is 12.9 Å². The van der Waals surface area contributed by atoms with E-state index < -0.39 is 0 Å². The summed E-state index contributed by atoms with van der Waals surface area (Å²) in [6.07, 6.45) is 1.51. The molecule has 0 bridgehead atoms. The average Bonchev–Trinajstić information content (AvgIpc) is 2.04. The third-order valence-corrected chi connectivity index (χ3v) is 1.16. The normalized spacial score (nSPS) is 10.3. The third-order valence-electron chi connectivity index (χ3n) is 1.16. The molecule has 0 spiro atoms. The summed E-state index contributed by atoms with van der Waals surface area (Å²) in [6.45, 7) is 3.17. The molecular weight excluding hydrogens is 143 g/mol. The Morgan fingerprint density at radius 2 is 1.91 bits per heavy atom. The standard InChI is InChI=1S/C8H7FN2/c1-10-11-6-7-2-4-8(9)5-3-7/h2-6H,1H2.